The Morgan fingerprint density at radius 2 is 0.831 bits per heavy atom. The summed E-state index contributed by atoms with van der Waals surface area (Å²) in [6, 6.07) is 22.3. The van der Waals surface area contributed by atoms with E-state index in [-0.39, 0.29) is 66.3 Å². The quantitative estimate of drug-likeness (QED) is 0.121. The molecule has 6 aliphatic rings. The van der Waals surface area contributed by atoms with Crippen LogP contribution < -0.4 is 29.6 Å². The molecule has 2 N–H and O–H groups in total. The normalized spacial score (nSPS) is 22.3. The van der Waals surface area contributed by atoms with Gasteiger partial charge in [0.25, 0.3) is 0 Å². The number of benzene rings is 4. The summed E-state index contributed by atoms with van der Waals surface area (Å²) >= 11 is 0. The third-order valence-electron chi connectivity index (χ3n) is 13.0. The Bertz CT molecular complexity index is 2710. The van der Waals surface area contributed by atoms with Crippen molar-refractivity contribution in [3.63, 3.8) is 0 Å². The summed E-state index contributed by atoms with van der Waals surface area (Å²) < 4.78 is 24.6. The summed E-state index contributed by atoms with van der Waals surface area (Å²) in [6.07, 6.45) is 16.4. The Balaban J connectivity index is 0.00000533. The maximum absolute atomic E-state index is 16.1. The van der Waals surface area contributed by atoms with Crippen LogP contribution in [0.3, 0.4) is 0 Å². The summed E-state index contributed by atoms with van der Waals surface area (Å²) in [5.41, 5.74) is 2.55. The first-order valence-corrected chi connectivity index (χ1v) is 20.8. The number of ketones is 2. The molecule has 10 rings (SSSR count). The van der Waals surface area contributed by atoms with E-state index in [4.69, 9.17) is 18.9 Å². The molecule has 4 aromatic rings. The van der Waals surface area contributed by atoms with Gasteiger partial charge in [0, 0.05) is 73.4 Å². The van der Waals surface area contributed by atoms with Crippen LogP contribution in [0.5, 0.6) is 23.0 Å². The van der Waals surface area contributed by atoms with Gasteiger partial charge in [-0.25, -0.2) is 9.59 Å². The van der Waals surface area contributed by atoms with Gasteiger partial charge in [-0.1, -0.05) is 85.0 Å². The first kappa shape index (κ1) is 42.8. The van der Waals surface area contributed by atoms with Crippen LogP contribution in [0.25, 0.3) is 0 Å². The minimum atomic E-state index is -1.51. The van der Waals surface area contributed by atoms with Crippen LogP contribution in [-0.2, 0) is 63.6 Å². The summed E-state index contributed by atoms with van der Waals surface area (Å²) in [7, 11) is 6.24. The number of urea groups is 2. The molecule has 332 valence electrons. The number of rotatable bonds is 10. The van der Waals surface area contributed by atoms with Crippen LogP contribution in [0.2, 0.25) is 0 Å². The molecule has 0 atom stereocenters. The Morgan fingerprint density at radius 1 is 0.477 bits per heavy atom. The average molecular weight is 916 g/mol. The van der Waals surface area contributed by atoms with E-state index in [1.54, 1.807) is 82.7 Å². The largest absolute Gasteiger partial charge is 0.496 e. The molecule has 2 aliphatic carbocycles. The van der Waals surface area contributed by atoms with Gasteiger partial charge in [0.2, 0.25) is 0 Å². The Hall–Kier alpha value is -7.51. The first-order valence-electron chi connectivity index (χ1n) is 20.8. The Morgan fingerprint density at radius 3 is 1.17 bits per heavy atom. The summed E-state index contributed by atoms with van der Waals surface area (Å²) in [5.74, 6) is 1.37. The van der Waals surface area contributed by atoms with E-state index in [0.717, 1.165) is 16.7 Å². The van der Waals surface area contributed by atoms with Gasteiger partial charge >= 0.3 is 12.1 Å². The predicted molar refractivity (Wildman–Crippen MR) is 238 cm³/mol. The summed E-state index contributed by atoms with van der Waals surface area (Å²) in [5, 5.41) is 6.67. The molecule has 0 aromatic heterocycles. The standard InChI is InChI=1S/C50H44N6O8.Ni/c1-61-41-23-24-42(62-2)36-28-54-48(60)56-30-38-37(29-55-47(59)53(27-35(36)41)49(54,33-17-7-5-8-18-33)50(55,56)34-19-9-6-10-20-34)45(63-3)43(51-25-31-15-11-13-21-39(31)57)44(46(38)64-4)52-26-32-16-12-14-22-40(32)58;/h5-26,51-52H,27-30H2,1-4H3;/b31-25-,32-26-;. The number of nitrogens with zero attached hydrogens (tertiary/aromatic N) is 4. The van der Waals surface area contributed by atoms with Crippen molar-refractivity contribution >= 4 is 35.0 Å². The zero-order valence-electron chi connectivity index (χ0n) is 35.9. The van der Waals surface area contributed by atoms with Crippen LogP contribution >= 0.6 is 0 Å². The smallest absolute Gasteiger partial charge is 0.325 e. The number of hydrogen-bond acceptors (Lipinski definition) is 10. The molecule has 0 bridgehead atoms. The zero-order chi connectivity index (χ0) is 44.3. The van der Waals surface area contributed by atoms with E-state index in [0.29, 0.717) is 62.2 Å². The number of amides is 4. The summed E-state index contributed by atoms with van der Waals surface area (Å²) in [6.45, 7) is 0.0621. The van der Waals surface area contributed by atoms with E-state index in [1.807, 2.05) is 72.8 Å². The van der Waals surface area contributed by atoms with E-state index in [9.17, 15) is 9.59 Å². The molecule has 4 aromatic carbocycles. The van der Waals surface area contributed by atoms with E-state index < -0.39 is 11.3 Å². The molecule has 2 saturated heterocycles. The molecule has 0 unspecified atom stereocenters. The molecule has 2 fully saturated rings. The van der Waals surface area contributed by atoms with Gasteiger partial charge in [-0.15, -0.1) is 0 Å². The molecular formula is C50H44N6NiO8. The van der Waals surface area contributed by atoms with E-state index in [2.05, 4.69) is 10.6 Å². The maximum Gasteiger partial charge on any atom is 0.325 e. The minimum absolute atomic E-state index is 0. The number of allylic oxidation sites excluding steroid dienone is 10. The average Bonchev–Trinajstić information content (AvgIpc) is 3.47. The van der Waals surface area contributed by atoms with Crippen molar-refractivity contribution in [3.05, 3.63) is 178 Å². The van der Waals surface area contributed by atoms with Crippen molar-refractivity contribution < 1.29 is 54.6 Å². The molecular weight excluding hydrogens is 871 g/mol. The van der Waals surface area contributed by atoms with Crippen LogP contribution in [0.15, 0.2) is 145 Å². The molecule has 0 radical (unpaired) electrons. The van der Waals surface area contributed by atoms with Crippen molar-refractivity contribution in [2.24, 2.45) is 0 Å². The second-order valence-corrected chi connectivity index (χ2v) is 15.8. The number of nitrogens with one attached hydrogen (secondary N) is 2. The SMILES string of the molecule is COc1ccc(OC)c2c1CN1C(=O)N3Cc4c(c(OC)c(N/C=C5/C=CC=CC5=O)c(N/C=C5/C=CC=CC5=O)c4OC)CN4C(=O)N(C2)C1(c1ccccc1)C34c1ccccc1.[Ni]. The van der Waals surface area contributed by atoms with Gasteiger partial charge in [0.15, 0.2) is 22.9 Å². The van der Waals surface area contributed by atoms with Gasteiger partial charge in [-0.05, 0) is 36.4 Å². The Kier molecular flexibility index (Phi) is 10.9. The van der Waals surface area contributed by atoms with Crippen LogP contribution in [-0.4, -0.2) is 71.7 Å². The fourth-order valence-electron chi connectivity index (χ4n) is 10.4. The number of methoxy groups -OCH3 is 4. The molecule has 4 heterocycles. The summed E-state index contributed by atoms with van der Waals surface area (Å²) in [4.78, 5) is 65.3. The van der Waals surface area contributed by atoms with Gasteiger partial charge in [-0.3, -0.25) is 29.2 Å². The minimum Gasteiger partial charge on any atom is -0.496 e. The zero-order valence-corrected chi connectivity index (χ0v) is 36.9. The second kappa shape index (κ2) is 16.6. The molecule has 65 heavy (non-hydrogen) atoms. The van der Waals surface area contributed by atoms with Crippen LogP contribution in [0.1, 0.15) is 33.4 Å². The topological polar surface area (TPSA) is 142 Å². The van der Waals surface area contributed by atoms with Gasteiger partial charge in [-0.2, -0.15) is 0 Å². The fraction of sp³-hybridized carbons (Fsp3) is 0.200. The van der Waals surface area contributed by atoms with E-state index in [1.165, 1.54) is 26.4 Å². The third kappa shape index (κ3) is 6.05. The van der Waals surface area contributed by atoms with Crippen molar-refractivity contribution in [2.45, 2.75) is 37.5 Å². The Labute approximate surface area is 385 Å². The molecule has 14 nitrogen and oxygen atoms in total. The van der Waals surface area contributed by atoms with Crippen molar-refractivity contribution in [3.8, 4) is 23.0 Å². The van der Waals surface area contributed by atoms with E-state index >= 15 is 9.59 Å². The monoisotopic (exact) mass is 914 g/mol. The molecule has 0 spiro atoms. The number of carbonyl (C=O) groups excluding carboxylic acids is 4. The second-order valence-electron chi connectivity index (χ2n) is 15.8. The van der Waals surface area contributed by atoms with Gasteiger partial charge in [0.05, 0.1) is 54.6 Å². The maximum atomic E-state index is 16.1. The molecule has 15 heteroatoms. The van der Waals surface area contributed by atoms with Crippen molar-refractivity contribution in [1.29, 1.82) is 0 Å². The van der Waals surface area contributed by atoms with Crippen molar-refractivity contribution in [1.82, 2.24) is 19.6 Å². The molecule has 4 aliphatic heterocycles. The number of anilines is 2. The number of carbonyl (C=O) groups is 4. The van der Waals surface area contributed by atoms with Crippen LogP contribution in [0.4, 0.5) is 21.0 Å². The fourth-order valence-corrected chi connectivity index (χ4v) is 10.4. The first-order chi connectivity index (χ1) is 31.2. The number of hydrogen-bond donors (Lipinski definition) is 2. The predicted octanol–water partition coefficient (Wildman–Crippen LogP) is 7.61. The molecule has 0 saturated carbocycles. The van der Waals surface area contributed by atoms with Gasteiger partial charge in [0.1, 0.15) is 34.4 Å². The molecule has 4 amide bonds. The van der Waals surface area contributed by atoms with Crippen LogP contribution in [0, 0.1) is 0 Å². The number of fused-ring (bicyclic) bond motifs is 2. The third-order valence-corrected chi connectivity index (χ3v) is 13.0. The number of ether oxygens (including phenoxy) is 4. The van der Waals surface area contributed by atoms with Crippen molar-refractivity contribution in [2.75, 3.05) is 39.1 Å². The van der Waals surface area contributed by atoms with Gasteiger partial charge < -0.3 is 29.6 Å².